The molecule has 0 aliphatic heterocycles. The molecular formula is C13H20FN3. The van der Waals surface area contributed by atoms with Crippen molar-refractivity contribution >= 4 is 11.4 Å². The lowest BCUT2D eigenvalue weighted by atomic mass is 10.0. The number of benzene rings is 1. The van der Waals surface area contributed by atoms with Crippen LogP contribution in [-0.4, -0.2) is 17.6 Å². The van der Waals surface area contributed by atoms with E-state index in [4.69, 9.17) is 11.5 Å². The smallest absolute Gasteiger partial charge is 0.128 e. The van der Waals surface area contributed by atoms with E-state index in [9.17, 15) is 4.39 Å². The summed E-state index contributed by atoms with van der Waals surface area (Å²) in [5.41, 5.74) is 14.1. The van der Waals surface area contributed by atoms with E-state index in [-0.39, 0.29) is 12.0 Å². The molecule has 94 valence electrons. The van der Waals surface area contributed by atoms with Crippen LogP contribution in [0.4, 0.5) is 10.1 Å². The lowest BCUT2D eigenvalue weighted by Crippen LogP contribution is -2.37. The van der Waals surface area contributed by atoms with Crippen molar-refractivity contribution in [3.05, 3.63) is 35.7 Å². The highest BCUT2D eigenvalue weighted by Crippen LogP contribution is 2.28. The maximum absolute atomic E-state index is 13.3. The standard InChI is InChI=1S/C13H20FN3/c1-5-17(10(4)15)9(3)11-6-7-12(14)8(2)13(11)16/h6-7,10H,3,5,15-16H2,1-2,4H3. The second kappa shape index (κ2) is 5.19. The number of hydrogen-bond acceptors (Lipinski definition) is 3. The molecule has 1 rings (SSSR count). The minimum absolute atomic E-state index is 0.155. The summed E-state index contributed by atoms with van der Waals surface area (Å²) in [4.78, 5) is 1.92. The van der Waals surface area contributed by atoms with Gasteiger partial charge in [-0.1, -0.05) is 6.58 Å². The van der Waals surface area contributed by atoms with Gasteiger partial charge in [-0.25, -0.2) is 4.39 Å². The molecule has 1 aromatic carbocycles. The first-order valence-corrected chi connectivity index (χ1v) is 5.66. The van der Waals surface area contributed by atoms with E-state index in [0.29, 0.717) is 11.3 Å². The molecule has 0 saturated carbocycles. The highest BCUT2D eigenvalue weighted by molar-refractivity contribution is 5.74. The molecule has 0 fully saturated rings. The van der Waals surface area contributed by atoms with Crippen molar-refractivity contribution in [1.29, 1.82) is 0 Å². The zero-order valence-corrected chi connectivity index (χ0v) is 10.6. The molecule has 1 aromatic rings. The first kappa shape index (κ1) is 13.5. The van der Waals surface area contributed by atoms with Crippen molar-refractivity contribution in [2.24, 2.45) is 5.73 Å². The van der Waals surface area contributed by atoms with E-state index < -0.39 is 0 Å². The Balaban J connectivity index is 3.17. The van der Waals surface area contributed by atoms with Crippen molar-refractivity contribution in [2.75, 3.05) is 12.3 Å². The van der Waals surface area contributed by atoms with Crippen LogP contribution < -0.4 is 11.5 Å². The Morgan fingerprint density at radius 3 is 2.59 bits per heavy atom. The molecule has 0 saturated heterocycles. The summed E-state index contributed by atoms with van der Waals surface area (Å²) in [7, 11) is 0. The van der Waals surface area contributed by atoms with Gasteiger partial charge in [-0.3, -0.25) is 0 Å². The third-order valence-electron chi connectivity index (χ3n) is 2.94. The van der Waals surface area contributed by atoms with Gasteiger partial charge in [-0.2, -0.15) is 0 Å². The van der Waals surface area contributed by atoms with Crippen LogP contribution in [-0.2, 0) is 0 Å². The van der Waals surface area contributed by atoms with Crippen LogP contribution in [0.25, 0.3) is 5.70 Å². The highest BCUT2D eigenvalue weighted by Gasteiger charge is 2.15. The summed E-state index contributed by atoms with van der Waals surface area (Å²) in [6.45, 7) is 10.2. The van der Waals surface area contributed by atoms with E-state index >= 15 is 0 Å². The topological polar surface area (TPSA) is 55.3 Å². The van der Waals surface area contributed by atoms with Gasteiger partial charge in [0.1, 0.15) is 5.82 Å². The van der Waals surface area contributed by atoms with Gasteiger partial charge in [0, 0.05) is 29.1 Å². The van der Waals surface area contributed by atoms with E-state index in [0.717, 1.165) is 17.8 Å². The first-order chi connectivity index (χ1) is 7.90. The minimum atomic E-state index is -0.303. The molecule has 0 aromatic heterocycles. The molecular weight excluding hydrogens is 217 g/mol. The summed E-state index contributed by atoms with van der Waals surface area (Å²) >= 11 is 0. The van der Waals surface area contributed by atoms with Crippen molar-refractivity contribution in [3.8, 4) is 0 Å². The fourth-order valence-electron chi connectivity index (χ4n) is 1.83. The normalized spacial score (nSPS) is 12.3. The largest absolute Gasteiger partial charge is 0.398 e. The Labute approximate surface area is 102 Å². The Hall–Kier alpha value is -1.55. The number of nitrogen functional groups attached to an aromatic ring is 1. The quantitative estimate of drug-likeness (QED) is 0.624. The predicted octanol–water partition coefficient (Wildman–Crippen LogP) is 2.31. The number of rotatable bonds is 4. The van der Waals surface area contributed by atoms with E-state index in [1.165, 1.54) is 6.07 Å². The summed E-state index contributed by atoms with van der Waals surface area (Å²) in [5.74, 6) is -0.303. The van der Waals surface area contributed by atoms with Crippen LogP contribution in [0, 0.1) is 12.7 Å². The van der Waals surface area contributed by atoms with Crippen LogP contribution in [0.5, 0.6) is 0 Å². The third-order valence-corrected chi connectivity index (χ3v) is 2.94. The first-order valence-electron chi connectivity index (χ1n) is 5.66. The van der Waals surface area contributed by atoms with Crippen molar-refractivity contribution in [2.45, 2.75) is 26.9 Å². The molecule has 0 aliphatic rings. The van der Waals surface area contributed by atoms with E-state index in [1.807, 2.05) is 18.7 Å². The molecule has 3 nitrogen and oxygen atoms in total. The Morgan fingerprint density at radius 2 is 2.12 bits per heavy atom. The van der Waals surface area contributed by atoms with Crippen LogP contribution >= 0.6 is 0 Å². The number of hydrogen-bond donors (Lipinski definition) is 2. The average Bonchev–Trinajstić information content (AvgIpc) is 2.26. The van der Waals surface area contributed by atoms with Crippen LogP contribution in [0.2, 0.25) is 0 Å². The van der Waals surface area contributed by atoms with Gasteiger partial charge in [-0.05, 0) is 32.9 Å². The lowest BCUT2D eigenvalue weighted by molar-refractivity contribution is 0.334. The van der Waals surface area contributed by atoms with Crippen LogP contribution in [0.1, 0.15) is 25.0 Å². The van der Waals surface area contributed by atoms with Gasteiger partial charge < -0.3 is 16.4 Å². The molecule has 1 unspecified atom stereocenters. The van der Waals surface area contributed by atoms with Gasteiger partial charge >= 0.3 is 0 Å². The number of nitrogens with two attached hydrogens (primary N) is 2. The fraction of sp³-hybridized carbons (Fsp3) is 0.385. The van der Waals surface area contributed by atoms with E-state index in [2.05, 4.69) is 6.58 Å². The van der Waals surface area contributed by atoms with Crippen molar-refractivity contribution < 1.29 is 4.39 Å². The molecule has 0 aliphatic carbocycles. The SMILES string of the molecule is C=C(c1ccc(F)c(C)c1N)N(CC)C(C)N. The van der Waals surface area contributed by atoms with Crippen molar-refractivity contribution in [3.63, 3.8) is 0 Å². The van der Waals surface area contributed by atoms with Crippen LogP contribution in [0.3, 0.4) is 0 Å². The molecule has 1 atom stereocenters. The molecule has 4 N–H and O–H groups in total. The lowest BCUT2D eigenvalue weighted by Gasteiger charge is -2.30. The highest BCUT2D eigenvalue weighted by atomic mass is 19.1. The summed E-state index contributed by atoms with van der Waals surface area (Å²) < 4.78 is 13.3. The molecule has 0 bridgehead atoms. The molecule has 4 heteroatoms. The van der Waals surface area contributed by atoms with Gasteiger partial charge in [0.05, 0.1) is 6.17 Å². The molecule has 0 radical (unpaired) electrons. The second-order valence-corrected chi connectivity index (χ2v) is 4.11. The summed E-state index contributed by atoms with van der Waals surface area (Å²) in [6.07, 6.45) is -0.155. The molecule has 0 amide bonds. The average molecular weight is 237 g/mol. The number of halogens is 1. The predicted molar refractivity (Wildman–Crippen MR) is 70.6 cm³/mol. The Bertz CT molecular complexity index is 427. The summed E-state index contributed by atoms with van der Waals surface area (Å²) in [6, 6.07) is 3.05. The van der Waals surface area contributed by atoms with Crippen LogP contribution in [0.15, 0.2) is 18.7 Å². The maximum Gasteiger partial charge on any atom is 0.128 e. The zero-order valence-electron chi connectivity index (χ0n) is 10.6. The third kappa shape index (κ3) is 2.58. The fourth-order valence-corrected chi connectivity index (χ4v) is 1.83. The number of nitrogens with zero attached hydrogens (tertiary/aromatic N) is 1. The van der Waals surface area contributed by atoms with E-state index in [1.54, 1.807) is 13.0 Å². The summed E-state index contributed by atoms with van der Waals surface area (Å²) in [5, 5.41) is 0. The zero-order chi connectivity index (χ0) is 13.2. The Morgan fingerprint density at radius 1 is 1.53 bits per heavy atom. The Kier molecular flexibility index (Phi) is 4.12. The molecule has 0 spiro atoms. The molecule has 0 heterocycles. The van der Waals surface area contributed by atoms with Gasteiger partial charge in [0.2, 0.25) is 0 Å². The van der Waals surface area contributed by atoms with Gasteiger partial charge in [-0.15, -0.1) is 0 Å². The minimum Gasteiger partial charge on any atom is -0.398 e. The van der Waals surface area contributed by atoms with Gasteiger partial charge in [0.25, 0.3) is 0 Å². The maximum atomic E-state index is 13.3. The van der Waals surface area contributed by atoms with Gasteiger partial charge in [0.15, 0.2) is 0 Å². The second-order valence-electron chi connectivity index (χ2n) is 4.11. The number of anilines is 1. The molecule has 17 heavy (non-hydrogen) atoms. The van der Waals surface area contributed by atoms with Crippen molar-refractivity contribution in [1.82, 2.24) is 4.90 Å². The monoisotopic (exact) mass is 237 g/mol.